The summed E-state index contributed by atoms with van der Waals surface area (Å²) in [6.45, 7) is 18.1. The van der Waals surface area contributed by atoms with Gasteiger partial charge in [0.1, 0.15) is 0 Å². The first kappa shape index (κ1) is 15.1. The van der Waals surface area contributed by atoms with E-state index in [0.717, 1.165) is 35.5 Å². The lowest BCUT2D eigenvalue weighted by Gasteiger charge is -2.61. The van der Waals surface area contributed by atoms with E-state index in [0.29, 0.717) is 17.5 Å². The highest BCUT2D eigenvalue weighted by Crippen LogP contribution is 2.63. The molecule has 1 heteroatoms. The average molecular weight is 296 g/mol. The Bertz CT molecular complexity index is 514. The van der Waals surface area contributed by atoms with E-state index in [1.807, 2.05) is 0 Å². The fourth-order valence-corrected chi connectivity index (χ4v) is 6.76. The van der Waals surface area contributed by atoms with Crippen LogP contribution in [0.15, 0.2) is 23.1 Å². The Morgan fingerprint density at radius 1 is 0.818 bits per heavy atom. The molecule has 0 nitrogen and oxygen atoms in total. The second-order valence-corrected chi connectivity index (χ2v) is 10.2. The van der Waals surface area contributed by atoms with Crippen LogP contribution in [0.25, 0.3) is 0 Å². The Morgan fingerprint density at radius 2 is 1.18 bits per heavy atom. The van der Waals surface area contributed by atoms with Crippen LogP contribution >= 0.6 is 0 Å². The molecule has 6 aliphatic carbocycles. The quantitative estimate of drug-likeness (QED) is 0.576. The zero-order chi connectivity index (χ0) is 16.0. The van der Waals surface area contributed by atoms with Crippen LogP contribution in [0.5, 0.6) is 0 Å². The summed E-state index contributed by atoms with van der Waals surface area (Å²) < 4.78 is 0. The van der Waals surface area contributed by atoms with Gasteiger partial charge in [0.15, 0.2) is 6.71 Å². The van der Waals surface area contributed by atoms with Crippen molar-refractivity contribution < 1.29 is 0 Å². The Labute approximate surface area is 137 Å². The molecule has 0 heterocycles. The summed E-state index contributed by atoms with van der Waals surface area (Å²) >= 11 is 0. The first-order valence-corrected chi connectivity index (χ1v) is 9.59. The van der Waals surface area contributed by atoms with Crippen LogP contribution in [0.4, 0.5) is 0 Å². The van der Waals surface area contributed by atoms with Gasteiger partial charge in [0, 0.05) is 0 Å². The van der Waals surface area contributed by atoms with Gasteiger partial charge in [-0.05, 0) is 59.2 Å². The third-order valence-electron chi connectivity index (χ3n) is 8.88. The Hall–Kier alpha value is -0.455. The van der Waals surface area contributed by atoms with Crippen LogP contribution in [0.1, 0.15) is 54.4 Å². The largest absolute Gasteiger partial charge is 0.196 e. The molecule has 2 saturated carbocycles. The van der Waals surface area contributed by atoms with Crippen LogP contribution in [-0.2, 0) is 0 Å². The van der Waals surface area contributed by atoms with Crippen molar-refractivity contribution in [2.45, 2.75) is 61.2 Å². The maximum Gasteiger partial charge on any atom is 0.196 e. The molecule has 22 heavy (non-hydrogen) atoms. The molecule has 6 rings (SSSR count). The highest BCUT2D eigenvalue weighted by atomic mass is 14.6. The molecular formula is C21H33B. The second-order valence-electron chi connectivity index (χ2n) is 10.2. The Morgan fingerprint density at radius 3 is 1.45 bits per heavy atom. The summed E-state index contributed by atoms with van der Waals surface area (Å²) in [6, 6.07) is 0. The van der Waals surface area contributed by atoms with Gasteiger partial charge in [-0.15, -0.1) is 0 Å². The number of rotatable bonds is 2. The molecule has 0 spiro atoms. The van der Waals surface area contributed by atoms with Gasteiger partial charge in [-0.2, -0.15) is 0 Å². The van der Waals surface area contributed by atoms with Crippen molar-refractivity contribution in [2.24, 2.45) is 46.3 Å². The van der Waals surface area contributed by atoms with Crippen LogP contribution in [-0.4, -0.2) is 6.71 Å². The second kappa shape index (κ2) is 4.34. The van der Waals surface area contributed by atoms with E-state index in [1.54, 1.807) is 10.9 Å². The van der Waals surface area contributed by atoms with E-state index >= 15 is 0 Å². The molecule has 0 aromatic rings. The maximum absolute atomic E-state index is 2.69. The van der Waals surface area contributed by atoms with Gasteiger partial charge in [-0.3, -0.25) is 0 Å². The predicted molar refractivity (Wildman–Crippen MR) is 96.9 cm³/mol. The molecule has 0 aliphatic heterocycles. The fourth-order valence-electron chi connectivity index (χ4n) is 6.76. The van der Waals surface area contributed by atoms with E-state index in [1.165, 1.54) is 12.8 Å². The van der Waals surface area contributed by atoms with Crippen molar-refractivity contribution in [3.63, 3.8) is 0 Å². The summed E-state index contributed by atoms with van der Waals surface area (Å²) in [6.07, 6.45) is 8.26. The van der Waals surface area contributed by atoms with Crippen molar-refractivity contribution in [1.82, 2.24) is 0 Å². The predicted octanol–water partition coefficient (Wildman–Crippen LogP) is 5.67. The van der Waals surface area contributed by atoms with Crippen molar-refractivity contribution in [2.75, 3.05) is 0 Å². The zero-order valence-electron chi connectivity index (χ0n) is 15.6. The Balaban J connectivity index is 1.63. The molecule has 0 N–H and O–H groups in total. The smallest absolute Gasteiger partial charge is 0.0968 e. The van der Waals surface area contributed by atoms with Gasteiger partial charge in [0.25, 0.3) is 0 Å². The van der Waals surface area contributed by atoms with Crippen LogP contribution in [0.3, 0.4) is 0 Å². The standard InChI is InChI=1S/C21H33B/c1-12-16-8-14(20(16,3)4)10-18(12)22(7)19-11-15-9-17(13(19)2)21(15,5)6/h10-17H,8-9H2,1-7H3. The van der Waals surface area contributed by atoms with Crippen molar-refractivity contribution in [1.29, 1.82) is 0 Å². The molecule has 6 aliphatic rings. The Kier molecular flexibility index (Phi) is 2.97. The van der Waals surface area contributed by atoms with Gasteiger partial charge in [-0.1, -0.05) is 71.5 Å². The van der Waals surface area contributed by atoms with Crippen LogP contribution in [0, 0.1) is 46.3 Å². The van der Waals surface area contributed by atoms with Crippen molar-refractivity contribution in [3.05, 3.63) is 23.1 Å². The van der Waals surface area contributed by atoms with Gasteiger partial charge < -0.3 is 0 Å². The monoisotopic (exact) mass is 296 g/mol. The maximum atomic E-state index is 2.69. The van der Waals surface area contributed by atoms with E-state index in [4.69, 9.17) is 0 Å². The molecule has 6 unspecified atom stereocenters. The molecule has 0 aromatic heterocycles. The molecule has 0 saturated heterocycles. The van der Waals surface area contributed by atoms with Gasteiger partial charge >= 0.3 is 0 Å². The molecular weight excluding hydrogens is 263 g/mol. The normalized spacial score (nSPS) is 46.9. The van der Waals surface area contributed by atoms with Gasteiger partial charge in [0.05, 0.1) is 0 Å². The lowest BCUT2D eigenvalue weighted by atomic mass is 9.28. The SMILES string of the molecule is CB(C1=CC2CC(C1C)C2(C)C)C1=CC2CC(C1C)C2(C)C. The highest BCUT2D eigenvalue weighted by molar-refractivity contribution is 6.73. The number of hydrogen-bond acceptors (Lipinski definition) is 0. The summed E-state index contributed by atoms with van der Waals surface area (Å²) in [4.78, 5) is 0. The van der Waals surface area contributed by atoms with Crippen LogP contribution in [0.2, 0.25) is 6.82 Å². The molecule has 0 amide bonds. The molecule has 0 radical (unpaired) electrons. The van der Waals surface area contributed by atoms with Crippen molar-refractivity contribution in [3.8, 4) is 0 Å². The molecule has 120 valence electrons. The number of fused-ring (bicyclic) bond motifs is 2. The lowest BCUT2D eigenvalue weighted by Crippen LogP contribution is -2.55. The minimum atomic E-state index is 0.555. The summed E-state index contributed by atoms with van der Waals surface area (Å²) in [7, 11) is 0. The third kappa shape index (κ3) is 1.66. The average Bonchev–Trinajstić information content (AvgIpc) is 2.45. The van der Waals surface area contributed by atoms with Gasteiger partial charge in [-0.25, -0.2) is 0 Å². The fraction of sp³-hybridized carbons (Fsp3) is 0.810. The summed E-state index contributed by atoms with van der Waals surface area (Å²) in [5, 5.41) is 0. The number of hydrogen-bond donors (Lipinski definition) is 0. The minimum Gasteiger partial charge on any atom is -0.0968 e. The first-order chi connectivity index (χ1) is 10.2. The van der Waals surface area contributed by atoms with Gasteiger partial charge in [0.2, 0.25) is 0 Å². The molecule has 4 bridgehead atoms. The van der Waals surface area contributed by atoms with Crippen LogP contribution < -0.4 is 0 Å². The molecule has 6 atom stereocenters. The van der Waals surface area contributed by atoms with E-state index in [-0.39, 0.29) is 0 Å². The zero-order valence-corrected chi connectivity index (χ0v) is 15.6. The summed E-state index contributed by atoms with van der Waals surface area (Å²) in [5.74, 6) is 5.10. The first-order valence-electron chi connectivity index (χ1n) is 9.59. The molecule has 0 aromatic carbocycles. The third-order valence-corrected chi connectivity index (χ3v) is 8.88. The van der Waals surface area contributed by atoms with E-state index in [2.05, 4.69) is 60.5 Å². The summed E-state index contributed by atoms with van der Waals surface area (Å²) in [5.41, 5.74) is 4.66. The highest BCUT2D eigenvalue weighted by Gasteiger charge is 2.56. The lowest BCUT2D eigenvalue weighted by molar-refractivity contribution is -0.0305. The topological polar surface area (TPSA) is 0 Å². The minimum absolute atomic E-state index is 0.555. The number of allylic oxidation sites excluding steroid dienone is 4. The van der Waals surface area contributed by atoms with E-state index in [9.17, 15) is 0 Å². The molecule has 2 fully saturated rings. The van der Waals surface area contributed by atoms with E-state index < -0.39 is 0 Å². The van der Waals surface area contributed by atoms with Crippen molar-refractivity contribution >= 4 is 6.71 Å².